The summed E-state index contributed by atoms with van der Waals surface area (Å²) in [7, 11) is 1.58. The molecular formula is C14H21ClN2O2. The third-order valence-electron chi connectivity index (χ3n) is 2.94. The lowest BCUT2D eigenvalue weighted by molar-refractivity contribution is -0.130. The summed E-state index contributed by atoms with van der Waals surface area (Å²) in [6.07, 6.45) is 0.478. The number of hydrogen-bond acceptors (Lipinski definition) is 3. The van der Waals surface area contributed by atoms with E-state index in [-0.39, 0.29) is 5.91 Å². The van der Waals surface area contributed by atoms with Gasteiger partial charge in [-0.1, -0.05) is 11.6 Å². The second-order valence-corrected chi connectivity index (χ2v) is 4.50. The van der Waals surface area contributed by atoms with Gasteiger partial charge in [0.15, 0.2) is 0 Å². The smallest absolute Gasteiger partial charge is 0.224 e. The summed E-state index contributed by atoms with van der Waals surface area (Å²) < 4.78 is 5.08. The number of benzene rings is 1. The summed E-state index contributed by atoms with van der Waals surface area (Å²) in [4.78, 5) is 13.6. The standard InChI is InChI=1S/C14H21ClN2O2/c1-4-17(5-2)14(18)8-9-16-11-6-7-13(19-3)12(15)10-11/h6-7,10,16H,4-5,8-9H2,1-3H3. The lowest BCUT2D eigenvalue weighted by Gasteiger charge is -2.18. The molecule has 106 valence electrons. The molecule has 19 heavy (non-hydrogen) atoms. The van der Waals surface area contributed by atoms with E-state index in [0.717, 1.165) is 18.8 Å². The van der Waals surface area contributed by atoms with E-state index in [0.29, 0.717) is 23.7 Å². The van der Waals surface area contributed by atoms with E-state index in [1.54, 1.807) is 19.2 Å². The van der Waals surface area contributed by atoms with E-state index in [1.807, 2.05) is 24.8 Å². The number of amides is 1. The van der Waals surface area contributed by atoms with Crippen LogP contribution in [-0.4, -0.2) is 37.6 Å². The first-order valence-electron chi connectivity index (χ1n) is 6.47. The number of hydrogen-bond donors (Lipinski definition) is 1. The Kier molecular flexibility index (Phi) is 6.50. The molecule has 0 saturated carbocycles. The molecule has 0 aromatic heterocycles. The molecule has 0 fully saturated rings. The fourth-order valence-corrected chi connectivity index (χ4v) is 2.08. The van der Waals surface area contributed by atoms with Crippen molar-refractivity contribution < 1.29 is 9.53 Å². The van der Waals surface area contributed by atoms with Gasteiger partial charge in [0.2, 0.25) is 5.91 Å². The van der Waals surface area contributed by atoms with Gasteiger partial charge in [-0.3, -0.25) is 4.79 Å². The van der Waals surface area contributed by atoms with Crippen LogP contribution < -0.4 is 10.1 Å². The lowest BCUT2D eigenvalue weighted by atomic mass is 10.3. The van der Waals surface area contributed by atoms with Gasteiger partial charge in [0.25, 0.3) is 0 Å². The monoisotopic (exact) mass is 284 g/mol. The van der Waals surface area contributed by atoms with Gasteiger partial charge in [-0.05, 0) is 32.0 Å². The van der Waals surface area contributed by atoms with Crippen LogP contribution in [0.5, 0.6) is 5.75 Å². The molecule has 1 rings (SSSR count). The predicted octanol–water partition coefficient (Wildman–Crippen LogP) is 3.02. The number of halogens is 1. The molecule has 0 aliphatic heterocycles. The quantitative estimate of drug-likeness (QED) is 0.837. The first kappa shape index (κ1) is 15.6. The van der Waals surface area contributed by atoms with E-state index in [1.165, 1.54) is 0 Å². The molecule has 0 saturated heterocycles. The minimum atomic E-state index is 0.164. The minimum absolute atomic E-state index is 0.164. The Morgan fingerprint density at radius 3 is 2.58 bits per heavy atom. The van der Waals surface area contributed by atoms with E-state index < -0.39 is 0 Å². The third kappa shape index (κ3) is 4.63. The summed E-state index contributed by atoms with van der Waals surface area (Å²) >= 11 is 6.03. The normalized spacial score (nSPS) is 10.1. The van der Waals surface area contributed by atoms with Crippen molar-refractivity contribution >= 4 is 23.2 Å². The number of rotatable bonds is 7. The fraction of sp³-hybridized carbons (Fsp3) is 0.500. The number of carbonyl (C=O) groups is 1. The van der Waals surface area contributed by atoms with Crippen molar-refractivity contribution in [3.05, 3.63) is 23.2 Å². The van der Waals surface area contributed by atoms with Crippen LogP contribution in [0.4, 0.5) is 5.69 Å². The number of carbonyl (C=O) groups excluding carboxylic acids is 1. The molecule has 1 aromatic rings. The summed E-state index contributed by atoms with van der Waals surface area (Å²) in [6, 6.07) is 5.48. The van der Waals surface area contributed by atoms with E-state index in [9.17, 15) is 4.79 Å². The lowest BCUT2D eigenvalue weighted by Crippen LogP contribution is -2.31. The van der Waals surface area contributed by atoms with Crippen molar-refractivity contribution in [1.82, 2.24) is 4.90 Å². The predicted molar refractivity (Wildman–Crippen MR) is 79.0 cm³/mol. The number of nitrogens with zero attached hydrogens (tertiary/aromatic N) is 1. The summed E-state index contributed by atoms with van der Waals surface area (Å²) in [5, 5.41) is 3.74. The molecule has 0 atom stereocenters. The highest BCUT2D eigenvalue weighted by Gasteiger charge is 2.08. The highest BCUT2D eigenvalue weighted by atomic mass is 35.5. The van der Waals surface area contributed by atoms with Crippen LogP contribution in [0.15, 0.2) is 18.2 Å². The van der Waals surface area contributed by atoms with Crippen LogP contribution in [0.25, 0.3) is 0 Å². The zero-order valence-electron chi connectivity index (χ0n) is 11.7. The SMILES string of the molecule is CCN(CC)C(=O)CCNc1ccc(OC)c(Cl)c1. The van der Waals surface area contributed by atoms with Gasteiger partial charge in [-0.2, -0.15) is 0 Å². The fourth-order valence-electron chi connectivity index (χ4n) is 1.82. The highest BCUT2D eigenvalue weighted by molar-refractivity contribution is 6.32. The van der Waals surface area contributed by atoms with E-state index in [2.05, 4.69) is 5.32 Å². The van der Waals surface area contributed by atoms with E-state index >= 15 is 0 Å². The Morgan fingerprint density at radius 1 is 1.37 bits per heavy atom. The molecule has 0 aliphatic carbocycles. The average Bonchev–Trinajstić information content (AvgIpc) is 2.40. The van der Waals surface area contributed by atoms with E-state index in [4.69, 9.17) is 16.3 Å². The van der Waals surface area contributed by atoms with Gasteiger partial charge >= 0.3 is 0 Å². The molecule has 0 unspecified atom stereocenters. The molecule has 1 amide bonds. The van der Waals surface area contributed by atoms with Crippen molar-refractivity contribution in [2.75, 3.05) is 32.1 Å². The topological polar surface area (TPSA) is 41.6 Å². The van der Waals surface area contributed by atoms with Gasteiger partial charge in [0.1, 0.15) is 5.75 Å². The number of methoxy groups -OCH3 is 1. The molecule has 1 aromatic carbocycles. The largest absolute Gasteiger partial charge is 0.495 e. The van der Waals surface area contributed by atoms with Crippen molar-refractivity contribution in [2.45, 2.75) is 20.3 Å². The second kappa shape index (κ2) is 7.89. The summed E-state index contributed by atoms with van der Waals surface area (Å²) in [5.74, 6) is 0.809. The van der Waals surface area contributed by atoms with Crippen LogP contribution in [0.3, 0.4) is 0 Å². The molecule has 0 heterocycles. The van der Waals surface area contributed by atoms with Gasteiger partial charge < -0.3 is 15.0 Å². The Balaban J connectivity index is 2.45. The Hall–Kier alpha value is -1.42. The average molecular weight is 285 g/mol. The Bertz CT molecular complexity index is 420. The van der Waals surface area contributed by atoms with Crippen molar-refractivity contribution in [1.29, 1.82) is 0 Å². The highest BCUT2D eigenvalue weighted by Crippen LogP contribution is 2.27. The van der Waals surface area contributed by atoms with Crippen molar-refractivity contribution in [3.63, 3.8) is 0 Å². The van der Waals surface area contributed by atoms with Crippen LogP contribution in [-0.2, 0) is 4.79 Å². The molecule has 4 nitrogen and oxygen atoms in total. The van der Waals surface area contributed by atoms with Gasteiger partial charge in [0.05, 0.1) is 12.1 Å². The van der Waals surface area contributed by atoms with Crippen molar-refractivity contribution in [2.24, 2.45) is 0 Å². The summed E-state index contributed by atoms with van der Waals surface area (Å²) in [6.45, 7) is 6.07. The molecule has 0 bridgehead atoms. The summed E-state index contributed by atoms with van der Waals surface area (Å²) in [5.41, 5.74) is 0.887. The van der Waals surface area contributed by atoms with Crippen LogP contribution in [0, 0.1) is 0 Å². The Morgan fingerprint density at radius 2 is 2.05 bits per heavy atom. The van der Waals surface area contributed by atoms with Gasteiger partial charge in [0, 0.05) is 31.7 Å². The number of anilines is 1. The van der Waals surface area contributed by atoms with Gasteiger partial charge in [-0.25, -0.2) is 0 Å². The first-order valence-corrected chi connectivity index (χ1v) is 6.85. The molecule has 0 aliphatic rings. The minimum Gasteiger partial charge on any atom is -0.495 e. The number of nitrogens with one attached hydrogen (secondary N) is 1. The molecule has 0 radical (unpaired) electrons. The maximum atomic E-state index is 11.8. The third-order valence-corrected chi connectivity index (χ3v) is 3.23. The van der Waals surface area contributed by atoms with Crippen molar-refractivity contribution in [3.8, 4) is 5.75 Å². The number of ether oxygens (including phenoxy) is 1. The maximum absolute atomic E-state index is 11.8. The zero-order chi connectivity index (χ0) is 14.3. The zero-order valence-corrected chi connectivity index (χ0v) is 12.5. The van der Waals surface area contributed by atoms with Crippen LogP contribution in [0.2, 0.25) is 5.02 Å². The molecule has 0 spiro atoms. The molecule has 1 N–H and O–H groups in total. The second-order valence-electron chi connectivity index (χ2n) is 4.09. The van der Waals surface area contributed by atoms with Crippen LogP contribution >= 0.6 is 11.6 Å². The Labute approximate surface area is 119 Å². The molecule has 5 heteroatoms. The molecular weight excluding hydrogens is 264 g/mol. The van der Waals surface area contributed by atoms with Crippen LogP contribution in [0.1, 0.15) is 20.3 Å². The van der Waals surface area contributed by atoms with Gasteiger partial charge in [-0.15, -0.1) is 0 Å². The first-order chi connectivity index (χ1) is 9.12. The maximum Gasteiger partial charge on any atom is 0.224 e.